The number of aromatic nitrogens is 1. The molecule has 4 nitrogen and oxygen atoms in total. The first kappa shape index (κ1) is 10.4. The molecule has 0 unspecified atom stereocenters. The smallest absolute Gasteiger partial charge is 0.340 e. The van der Waals surface area contributed by atoms with Crippen LogP contribution in [-0.4, -0.2) is 16.2 Å². The average Bonchev–Trinajstić information content (AvgIpc) is 2.66. The Bertz CT molecular complexity index is 521. The number of hydrogen-bond donors (Lipinski definition) is 1. The zero-order valence-electron chi connectivity index (χ0n) is 8.18. The van der Waals surface area contributed by atoms with E-state index in [0.717, 1.165) is 6.26 Å². The van der Waals surface area contributed by atoms with E-state index in [1.807, 2.05) is 0 Å². The molecule has 82 valence electrons. The fourth-order valence-electron chi connectivity index (χ4n) is 1.40. The predicted molar refractivity (Wildman–Crippen MR) is 52.7 cm³/mol. The van der Waals surface area contributed by atoms with Gasteiger partial charge in [0, 0.05) is 6.42 Å². The minimum Gasteiger partial charge on any atom is -0.478 e. The number of carboxylic acid groups (broad SMARTS) is 1. The molecule has 5 heteroatoms. The third-order valence-corrected chi connectivity index (χ3v) is 2.14. The zero-order chi connectivity index (χ0) is 11.5. The molecule has 1 N–H and O–H groups in total. The summed E-state index contributed by atoms with van der Waals surface area (Å²) in [5.41, 5.74) is 0.943. The van der Waals surface area contributed by atoms with Crippen LogP contribution in [0.1, 0.15) is 21.6 Å². The lowest BCUT2D eigenvalue weighted by atomic mass is 10.1. The van der Waals surface area contributed by atoms with E-state index >= 15 is 0 Å². The molecule has 0 atom stereocenters. The molecule has 0 aliphatic heterocycles. The summed E-state index contributed by atoms with van der Waals surface area (Å²) in [6.07, 6.45) is 1.30. The molecule has 0 fully saturated rings. The number of halogens is 1. The number of nitrogens with zero attached hydrogens (tertiary/aromatic N) is 1. The van der Waals surface area contributed by atoms with Gasteiger partial charge in [0.25, 0.3) is 0 Å². The summed E-state index contributed by atoms with van der Waals surface area (Å²) in [6, 6.07) is 5.92. The summed E-state index contributed by atoms with van der Waals surface area (Å²) < 4.78 is 17.5. The Hall–Kier alpha value is -2.17. The second kappa shape index (κ2) is 4.14. The van der Waals surface area contributed by atoms with Crippen molar-refractivity contribution in [3.63, 3.8) is 0 Å². The van der Waals surface area contributed by atoms with Crippen molar-refractivity contribution in [1.82, 2.24) is 5.16 Å². The SMILES string of the molecule is O=C(O)c1conc1Cc1cccc(F)c1. The molecule has 1 aromatic heterocycles. The van der Waals surface area contributed by atoms with Gasteiger partial charge in [-0.15, -0.1) is 0 Å². The largest absolute Gasteiger partial charge is 0.478 e. The lowest BCUT2D eigenvalue weighted by Gasteiger charge is -1.98. The summed E-state index contributed by atoms with van der Waals surface area (Å²) in [5, 5.41) is 12.4. The van der Waals surface area contributed by atoms with Crippen LogP contribution in [0.4, 0.5) is 4.39 Å². The van der Waals surface area contributed by atoms with E-state index in [-0.39, 0.29) is 23.5 Å². The molecule has 2 aromatic rings. The zero-order valence-corrected chi connectivity index (χ0v) is 8.18. The van der Waals surface area contributed by atoms with E-state index in [1.54, 1.807) is 12.1 Å². The first-order valence-electron chi connectivity index (χ1n) is 4.58. The van der Waals surface area contributed by atoms with Crippen LogP contribution < -0.4 is 0 Å². The maximum absolute atomic E-state index is 12.9. The van der Waals surface area contributed by atoms with Gasteiger partial charge in [0.2, 0.25) is 0 Å². The molecule has 16 heavy (non-hydrogen) atoms. The number of carbonyl (C=O) groups is 1. The van der Waals surface area contributed by atoms with Gasteiger partial charge in [0.1, 0.15) is 23.3 Å². The molecule has 0 saturated heterocycles. The van der Waals surface area contributed by atoms with E-state index in [1.165, 1.54) is 12.1 Å². The van der Waals surface area contributed by atoms with Gasteiger partial charge in [-0.3, -0.25) is 0 Å². The van der Waals surface area contributed by atoms with Crippen molar-refractivity contribution in [3.8, 4) is 0 Å². The van der Waals surface area contributed by atoms with Crippen LogP contribution >= 0.6 is 0 Å². The van der Waals surface area contributed by atoms with Crippen LogP contribution in [0.15, 0.2) is 35.1 Å². The van der Waals surface area contributed by atoms with Gasteiger partial charge < -0.3 is 9.63 Å². The molecule has 0 aliphatic rings. The van der Waals surface area contributed by atoms with E-state index < -0.39 is 5.97 Å². The summed E-state index contributed by atoms with van der Waals surface area (Å²) in [5.74, 6) is -1.47. The van der Waals surface area contributed by atoms with Gasteiger partial charge in [-0.05, 0) is 17.7 Å². The Morgan fingerprint density at radius 1 is 1.50 bits per heavy atom. The molecule has 0 bridgehead atoms. The predicted octanol–water partition coefficient (Wildman–Crippen LogP) is 2.10. The van der Waals surface area contributed by atoms with Crippen LogP contribution in [0.3, 0.4) is 0 Å². The van der Waals surface area contributed by atoms with Crippen LogP contribution in [0.25, 0.3) is 0 Å². The van der Waals surface area contributed by atoms with Crippen molar-refractivity contribution in [2.75, 3.05) is 0 Å². The highest BCUT2D eigenvalue weighted by Gasteiger charge is 2.14. The van der Waals surface area contributed by atoms with E-state index in [0.29, 0.717) is 5.56 Å². The van der Waals surface area contributed by atoms with Crippen molar-refractivity contribution in [1.29, 1.82) is 0 Å². The van der Waals surface area contributed by atoms with Gasteiger partial charge in [-0.1, -0.05) is 17.3 Å². The van der Waals surface area contributed by atoms with Crippen molar-refractivity contribution in [3.05, 3.63) is 53.2 Å². The van der Waals surface area contributed by atoms with Gasteiger partial charge in [-0.2, -0.15) is 0 Å². The Morgan fingerprint density at radius 2 is 2.31 bits per heavy atom. The van der Waals surface area contributed by atoms with Crippen LogP contribution in [0.5, 0.6) is 0 Å². The highest BCUT2D eigenvalue weighted by atomic mass is 19.1. The molecule has 0 aliphatic carbocycles. The monoisotopic (exact) mass is 221 g/mol. The number of aromatic carboxylic acids is 1. The van der Waals surface area contributed by atoms with Gasteiger partial charge in [0.05, 0.1) is 0 Å². The van der Waals surface area contributed by atoms with Crippen LogP contribution in [0, 0.1) is 5.82 Å². The van der Waals surface area contributed by atoms with Crippen LogP contribution in [-0.2, 0) is 6.42 Å². The van der Waals surface area contributed by atoms with Crippen molar-refractivity contribution in [2.24, 2.45) is 0 Å². The van der Waals surface area contributed by atoms with E-state index in [9.17, 15) is 9.18 Å². The first-order chi connectivity index (χ1) is 7.66. The Kier molecular flexibility index (Phi) is 2.68. The number of carboxylic acids is 1. The number of benzene rings is 1. The maximum atomic E-state index is 12.9. The van der Waals surface area contributed by atoms with Crippen molar-refractivity contribution < 1.29 is 18.8 Å². The fraction of sp³-hybridized carbons (Fsp3) is 0.0909. The highest BCUT2D eigenvalue weighted by molar-refractivity contribution is 5.88. The quantitative estimate of drug-likeness (QED) is 0.862. The first-order valence-corrected chi connectivity index (χ1v) is 4.58. The molecular formula is C11H8FNO3. The van der Waals surface area contributed by atoms with Gasteiger partial charge >= 0.3 is 5.97 Å². The van der Waals surface area contributed by atoms with E-state index in [2.05, 4.69) is 9.68 Å². The summed E-state index contributed by atoms with van der Waals surface area (Å²) in [4.78, 5) is 10.8. The molecule has 1 heterocycles. The molecule has 0 radical (unpaired) electrons. The highest BCUT2D eigenvalue weighted by Crippen LogP contribution is 2.13. The molecule has 0 saturated carbocycles. The van der Waals surface area contributed by atoms with E-state index in [4.69, 9.17) is 5.11 Å². The third kappa shape index (κ3) is 2.08. The second-order valence-corrected chi connectivity index (χ2v) is 3.29. The van der Waals surface area contributed by atoms with Crippen molar-refractivity contribution >= 4 is 5.97 Å². The Morgan fingerprint density at radius 3 is 3.00 bits per heavy atom. The standard InChI is InChI=1S/C11H8FNO3/c12-8-3-1-2-7(4-8)5-10-9(11(14)15)6-16-13-10/h1-4,6H,5H2,(H,14,15). The Balaban J connectivity index is 2.27. The molecule has 2 rings (SSSR count). The van der Waals surface area contributed by atoms with Crippen molar-refractivity contribution in [2.45, 2.75) is 6.42 Å². The Labute approximate surface area is 90.3 Å². The molecule has 0 spiro atoms. The summed E-state index contributed by atoms with van der Waals surface area (Å²) >= 11 is 0. The summed E-state index contributed by atoms with van der Waals surface area (Å²) in [6.45, 7) is 0. The minimum absolute atomic E-state index is 0.00395. The fourth-order valence-corrected chi connectivity index (χ4v) is 1.40. The topological polar surface area (TPSA) is 63.3 Å². The number of hydrogen-bond acceptors (Lipinski definition) is 3. The molecular weight excluding hydrogens is 213 g/mol. The average molecular weight is 221 g/mol. The lowest BCUT2D eigenvalue weighted by Crippen LogP contribution is -2.01. The third-order valence-electron chi connectivity index (χ3n) is 2.14. The summed E-state index contributed by atoms with van der Waals surface area (Å²) in [7, 11) is 0. The maximum Gasteiger partial charge on any atom is 0.340 e. The van der Waals surface area contributed by atoms with Gasteiger partial charge in [0.15, 0.2) is 0 Å². The lowest BCUT2D eigenvalue weighted by molar-refractivity contribution is 0.0695. The second-order valence-electron chi connectivity index (χ2n) is 3.29. The molecule has 0 amide bonds. The minimum atomic E-state index is -1.10. The number of rotatable bonds is 3. The van der Waals surface area contributed by atoms with Crippen LogP contribution in [0.2, 0.25) is 0 Å². The normalized spacial score (nSPS) is 10.3. The molecule has 1 aromatic carbocycles. The van der Waals surface area contributed by atoms with Gasteiger partial charge in [-0.25, -0.2) is 9.18 Å².